The van der Waals surface area contributed by atoms with Crippen molar-refractivity contribution >= 4 is 42.4 Å². The van der Waals surface area contributed by atoms with Gasteiger partial charge in [-0.2, -0.15) is 0 Å². The lowest BCUT2D eigenvalue weighted by molar-refractivity contribution is -0.136. The predicted octanol–water partition coefficient (Wildman–Crippen LogP) is 4.97. The Balaban J connectivity index is 1.75. The Morgan fingerprint density at radius 3 is 2.76 bits per heavy atom. The van der Waals surface area contributed by atoms with Gasteiger partial charge >= 0.3 is 5.97 Å². The number of nitrogens with one attached hydrogen (secondary N) is 1. The van der Waals surface area contributed by atoms with Crippen molar-refractivity contribution in [2.75, 3.05) is 29.9 Å². The van der Waals surface area contributed by atoms with Crippen LogP contribution >= 0.6 is 0 Å². The van der Waals surface area contributed by atoms with Crippen LogP contribution in [-0.4, -0.2) is 55.1 Å². The third-order valence-corrected chi connectivity index (χ3v) is 6.58. The first-order valence-electron chi connectivity index (χ1n) is 12.5. The topological polar surface area (TPSA) is 116 Å². The molecule has 0 aliphatic carbocycles. The second-order valence-electron chi connectivity index (χ2n) is 9.16. The molecular formula is C28H35N5O4. The summed E-state index contributed by atoms with van der Waals surface area (Å²) < 4.78 is 5.91. The Hall–Kier alpha value is -4.01. The highest BCUT2D eigenvalue weighted by Crippen LogP contribution is 2.35. The van der Waals surface area contributed by atoms with E-state index in [1.54, 1.807) is 36.7 Å². The number of amides is 1. The zero-order valence-corrected chi connectivity index (χ0v) is 21.7. The minimum atomic E-state index is -0.863. The molecule has 0 fully saturated rings. The molecule has 1 unspecified atom stereocenters. The molecule has 2 N–H and O–H groups in total. The molecule has 37 heavy (non-hydrogen) atoms. The van der Waals surface area contributed by atoms with Crippen LogP contribution in [0.3, 0.4) is 0 Å². The number of pyridine rings is 1. The second kappa shape index (κ2) is 13.3. The highest BCUT2D eigenvalue weighted by molar-refractivity contribution is 5.84. The summed E-state index contributed by atoms with van der Waals surface area (Å²) >= 11 is 0. The molecule has 2 heterocycles. The zero-order chi connectivity index (χ0) is 26.8. The van der Waals surface area contributed by atoms with Crippen molar-refractivity contribution in [3.05, 3.63) is 52.9 Å². The third kappa shape index (κ3) is 7.49. The Labute approximate surface area is 218 Å². The average Bonchev–Trinajstić information content (AvgIpc) is 2.89. The lowest BCUT2D eigenvalue weighted by atomic mass is 10.0. The van der Waals surface area contributed by atoms with Gasteiger partial charge in [0.15, 0.2) is 0 Å². The zero-order valence-electron chi connectivity index (χ0n) is 21.7. The van der Waals surface area contributed by atoms with Gasteiger partial charge in [0, 0.05) is 18.3 Å². The van der Waals surface area contributed by atoms with Crippen LogP contribution in [0, 0.1) is 12.8 Å². The van der Waals surface area contributed by atoms with Crippen LogP contribution in [0.4, 0.5) is 17.1 Å². The highest BCUT2D eigenvalue weighted by atomic mass is 16.5. The van der Waals surface area contributed by atoms with Gasteiger partial charge < -0.3 is 20.1 Å². The summed E-state index contributed by atoms with van der Waals surface area (Å²) in [5.74, 6) is 0.119. The Morgan fingerprint density at radius 1 is 1.35 bits per heavy atom. The number of nitrogens with zero attached hydrogens (tertiary/aromatic N) is 4. The number of benzene rings is 1. The van der Waals surface area contributed by atoms with Gasteiger partial charge in [0.1, 0.15) is 5.69 Å². The molecule has 9 heteroatoms. The van der Waals surface area contributed by atoms with Gasteiger partial charge in [-0.25, -0.2) is 4.98 Å². The number of ether oxygens (including phenoxy) is 1. The molecule has 0 bridgehead atoms. The molecule has 0 radical (unpaired) electrons. The van der Waals surface area contributed by atoms with Crippen LogP contribution in [0.25, 0.3) is 0 Å². The monoisotopic (exact) mass is 505 g/mol. The van der Waals surface area contributed by atoms with E-state index in [4.69, 9.17) is 9.84 Å². The maximum atomic E-state index is 11.3. The van der Waals surface area contributed by atoms with Crippen LogP contribution in [-0.2, 0) is 16.0 Å². The van der Waals surface area contributed by atoms with E-state index in [2.05, 4.69) is 45.8 Å². The molecule has 1 aliphatic heterocycles. The number of carboxylic acids is 1. The molecule has 2 aromatic rings. The molecule has 1 aromatic carbocycles. The van der Waals surface area contributed by atoms with Crippen molar-refractivity contribution in [3.8, 4) is 5.88 Å². The smallest absolute Gasteiger partial charge is 0.307 e. The lowest BCUT2D eigenvalue weighted by Gasteiger charge is -2.31. The molecule has 196 valence electrons. The molecule has 0 spiro atoms. The largest absolute Gasteiger partial charge is 0.481 e. The Morgan fingerprint density at radius 2 is 2.11 bits per heavy atom. The highest BCUT2D eigenvalue weighted by Gasteiger charge is 2.22. The number of aromatic nitrogens is 1. The maximum Gasteiger partial charge on any atom is 0.307 e. The number of aliphatic imine (C=N–C) groups is 2. The molecule has 9 nitrogen and oxygen atoms in total. The van der Waals surface area contributed by atoms with Crippen molar-refractivity contribution in [1.29, 1.82) is 0 Å². The molecule has 1 aliphatic rings. The first-order valence-corrected chi connectivity index (χ1v) is 12.5. The van der Waals surface area contributed by atoms with Crippen molar-refractivity contribution in [2.45, 2.75) is 46.5 Å². The number of carbonyl (C=O) groups is 2. The third-order valence-electron chi connectivity index (χ3n) is 6.58. The SMILES string of the molecule is C=NC1=C(C=Nc2ccc(CC(=O)O)cc2)CCN(c2cnc(OCCC(C)CC)c(NC=O)c2C)C1. The van der Waals surface area contributed by atoms with Crippen molar-refractivity contribution < 1.29 is 19.4 Å². The van der Waals surface area contributed by atoms with E-state index in [0.29, 0.717) is 43.5 Å². The summed E-state index contributed by atoms with van der Waals surface area (Å²) in [6, 6.07) is 7.13. The maximum absolute atomic E-state index is 11.3. The van der Waals surface area contributed by atoms with Crippen LogP contribution in [0.1, 0.15) is 44.2 Å². The molecule has 3 rings (SSSR count). The van der Waals surface area contributed by atoms with E-state index in [1.807, 2.05) is 6.92 Å². The number of hydrogen-bond acceptors (Lipinski definition) is 7. The van der Waals surface area contributed by atoms with E-state index in [9.17, 15) is 9.59 Å². The molecule has 1 aromatic heterocycles. The Kier molecular flexibility index (Phi) is 9.94. The predicted molar refractivity (Wildman–Crippen MR) is 148 cm³/mol. The van der Waals surface area contributed by atoms with Crippen LogP contribution < -0.4 is 15.0 Å². The summed E-state index contributed by atoms with van der Waals surface area (Å²) in [4.78, 5) is 37.6. The summed E-state index contributed by atoms with van der Waals surface area (Å²) in [7, 11) is 0. The quantitative estimate of drug-likeness (QED) is 0.293. The van der Waals surface area contributed by atoms with Crippen molar-refractivity contribution in [1.82, 2.24) is 4.98 Å². The van der Waals surface area contributed by atoms with E-state index in [1.165, 1.54) is 0 Å². The number of rotatable bonds is 13. The fraction of sp³-hybridized carbons (Fsp3) is 0.393. The van der Waals surface area contributed by atoms with Gasteiger partial charge in [0.05, 0.1) is 42.8 Å². The van der Waals surface area contributed by atoms with Gasteiger partial charge in [-0.15, -0.1) is 0 Å². The average molecular weight is 506 g/mol. The normalized spacial score (nSPS) is 14.5. The molecule has 0 saturated heterocycles. The summed E-state index contributed by atoms with van der Waals surface area (Å²) in [5.41, 5.74) is 5.62. The molecule has 1 amide bonds. The minimum Gasteiger partial charge on any atom is -0.481 e. The second-order valence-corrected chi connectivity index (χ2v) is 9.16. The van der Waals surface area contributed by atoms with Crippen LogP contribution in [0.5, 0.6) is 5.88 Å². The fourth-order valence-corrected chi connectivity index (χ4v) is 4.07. The number of carboxylic acid groups (broad SMARTS) is 1. The first-order chi connectivity index (χ1) is 17.9. The van der Waals surface area contributed by atoms with E-state index >= 15 is 0 Å². The van der Waals surface area contributed by atoms with E-state index in [0.717, 1.165) is 53.2 Å². The standard InChI is InChI=1S/C28H35N5O4/c1-5-19(2)11-13-37-28-27(32-18-34)20(3)25(16-31-28)33-12-10-22(24(17-33)29-4)15-30-23-8-6-21(7-9-23)14-26(35)36/h6-9,15-16,18-19H,4-5,10-14,17H2,1-3H3,(H,32,34)(H,35,36). The molecular weight excluding hydrogens is 470 g/mol. The molecule has 0 saturated carbocycles. The number of anilines is 2. The summed E-state index contributed by atoms with van der Waals surface area (Å²) in [5, 5.41) is 11.7. The number of carbonyl (C=O) groups excluding carboxylic acids is 1. The first kappa shape index (κ1) is 27.6. The van der Waals surface area contributed by atoms with Crippen molar-refractivity contribution in [3.63, 3.8) is 0 Å². The Bertz CT molecular complexity index is 1170. The summed E-state index contributed by atoms with van der Waals surface area (Å²) in [6.07, 6.45) is 6.92. The number of aliphatic carboxylic acids is 1. The number of hydrogen-bond donors (Lipinski definition) is 2. The van der Waals surface area contributed by atoms with Gasteiger partial charge in [-0.3, -0.25) is 19.6 Å². The van der Waals surface area contributed by atoms with Crippen molar-refractivity contribution in [2.24, 2.45) is 15.9 Å². The summed E-state index contributed by atoms with van der Waals surface area (Å²) in [6.45, 7) is 11.8. The lowest BCUT2D eigenvalue weighted by Crippen LogP contribution is -2.32. The van der Waals surface area contributed by atoms with Gasteiger partial charge in [-0.1, -0.05) is 32.4 Å². The van der Waals surface area contributed by atoms with Gasteiger partial charge in [0.25, 0.3) is 0 Å². The van der Waals surface area contributed by atoms with Gasteiger partial charge in [-0.05, 0) is 55.7 Å². The van der Waals surface area contributed by atoms with Crippen LogP contribution in [0.2, 0.25) is 0 Å². The van der Waals surface area contributed by atoms with E-state index < -0.39 is 5.97 Å². The molecule has 1 atom stereocenters. The fourth-order valence-electron chi connectivity index (χ4n) is 4.07. The van der Waals surface area contributed by atoms with E-state index in [-0.39, 0.29) is 6.42 Å². The van der Waals surface area contributed by atoms with Gasteiger partial charge in [0.2, 0.25) is 12.3 Å². The van der Waals surface area contributed by atoms with Crippen LogP contribution in [0.15, 0.2) is 51.7 Å². The minimum absolute atomic E-state index is 0.0148.